The van der Waals surface area contributed by atoms with Crippen LogP contribution in [0.15, 0.2) is 42.5 Å². The number of hydrogen-bond acceptors (Lipinski definition) is 4. The number of benzene rings is 1. The van der Waals surface area contributed by atoms with Gasteiger partial charge in [-0.05, 0) is 49.9 Å². The first-order valence-corrected chi connectivity index (χ1v) is 9.09. The van der Waals surface area contributed by atoms with Gasteiger partial charge < -0.3 is 9.84 Å². The van der Waals surface area contributed by atoms with Crippen molar-refractivity contribution in [1.29, 1.82) is 0 Å². The van der Waals surface area contributed by atoms with Crippen LogP contribution in [-0.2, 0) is 16.9 Å². The average molecular weight is 338 g/mol. The molecule has 2 atom stereocenters. The van der Waals surface area contributed by atoms with E-state index in [0.29, 0.717) is 26.1 Å². The monoisotopic (exact) mass is 338 g/mol. The molecular weight excluding hydrogens is 312 g/mol. The van der Waals surface area contributed by atoms with Gasteiger partial charge in [0.2, 0.25) is 0 Å². The molecular formula is C21H26N2O2. The van der Waals surface area contributed by atoms with Gasteiger partial charge in [-0.15, -0.1) is 0 Å². The first-order chi connectivity index (χ1) is 12.0. The maximum absolute atomic E-state index is 11.5. The lowest BCUT2D eigenvalue weighted by Gasteiger charge is -2.52. The lowest BCUT2D eigenvalue weighted by atomic mass is 9.76. The van der Waals surface area contributed by atoms with Crippen LogP contribution in [0.25, 0.3) is 0 Å². The molecule has 2 fully saturated rings. The van der Waals surface area contributed by atoms with Crippen molar-refractivity contribution in [3.8, 4) is 0 Å². The van der Waals surface area contributed by atoms with Gasteiger partial charge in [-0.1, -0.05) is 30.3 Å². The first kappa shape index (κ1) is 16.7. The molecule has 2 unspecified atom stereocenters. The van der Waals surface area contributed by atoms with E-state index in [9.17, 15) is 5.11 Å². The molecule has 0 saturated carbocycles. The highest BCUT2D eigenvalue weighted by Crippen LogP contribution is 2.41. The summed E-state index contributed by atoms with van der Waals surface area (Å²) in [7, 11) is 0. The van der Waals surface area contributed by atoms with Gasteiger partial charge in [-0.25, -0.2) is 0 Å². The maximum Gasteiger partial charge on any atom is 0.0929 e. The summed E-state index contributed by atoms with van der Waals surface area (Å²) >= 11 is 0. The number of ether oxygens (including phenoxy) is 1. The van der Waals surface area contributed by atoms with Gasteiger partial charge in [-0.2, -0.15) is 0 Å². The molecule has 2 aliphatic rings. The van der Waals surface area contributed by atoms with E-state index in [-0.39, 0.29) is 12.1 Å². The van der Waals surface area contributed by atoms with Crippen LogP contribution in [0.2, 0.25) is 0 Å². The van der Waals surface area contributed by atoms with Crippen molar-refractivity contribution < 1.29 is 9.84 Å². The lowest BCUT2D eigenvalue weighted by Crippen LogP contribution is -2.60. The number of aromatic nitrogens is 1. The fraction of sp³-hybridized carbons (Fsp3) is 0.476. The Hall–Kier alpha value is -1.75. The van der Waals surface area contributed by atoms with Crippen molar-refractivity contribution in [1.82, 2.24) is 9.88 Å². The zero-order valence-corrected chi connectivity index (χ0v) is 15.0. The SMILES string of the molecule is Cc1cc(C2(O)CC3COCC(C2)N3Cc2ccccc2)cc(C)n1. The molecule has 2 saturated heterocycles. The molecule has 0 radical (unpaired) electrons. The highest BCUT2D eigenvalue weighted by atomic mass is 16.5. The number of morpholine rings is 1. The molecule has 25 heavy (non-hydrogen) atoms. The molecule has 4 nitrogen and oxygen atoms in total. The summed E-state index contributed by atoms with van der Waals surface area (Å²) in [5.74, 6) is 0. The van der Waals surface area contributed by atoms with Crippen molar-refractivity contribution in [2.75, 3.05) is 13.2 Å². The Bertz CT molecular complexity index is 713. The number of pyridine rings is 1. The summed E-state index contributed by atoms with van der Waals surface area (Å²) in [6.45, 7) is 6.29. The zero-order valence-electron chi connectivity index (χ0n) is 15.0. The third-order valence-corrected chi connectivity index (χ3v) is 5.53. The van der Waals surface area contributed by atoms with E-state index in [4.69, 9.17) is 4.74 Å². The van der Waals surface area contributed by atoms with Crippen LogP contribution in [0.5, 0.6) is 0 Å². The maximum atomic E-state index is 11.5. The Kier molecular flexibility index (Phi) is 4.36. The van der Waals surface area contributed by atoms with Gasteiger partial charge >= 0.3 is 0 Å². The van der Waals surface area contributed by atoms with Crippen molar-refractivity contribution >= 4 is 0 Å². The molecule has 4 heteroatoms. The normalized spacial score (nSPS) is 29.6. The lowest BCUT2D eigenvalue weighted by molar-refractivity contribution is -0.149. The van der Waals surface area contributed by atoms with Crippen molar-refractivity contribution in [3.05, 3.63) is 65.0 Å². The Labute approximate surface area is 149 Å². The van der Waals surface area contributed by atoms with E-state index in [1.165, 1.54) is 5.56 Å². The molecule has 0 aliphatic carbocycles. The van der Waals surface area contributed by atoms with E-state index >= 15 is 0 Å². The fourth-order valence-corrected chi connectivity index (χ4v) is 4.44. The van der Waals surface area contributed by atoms with Gasteiger partial charge in [0.05, 0.1) is 18.8 Å². The van der Waals surface area contributed by atoms with Gasteiger partial charge in [0.25, 0.3) is 0 Å². The van der Waals surface area contributed by atoms with Crippen LogP contribution < -0.4 is 0 Å². The van der Waals surface area contributed by atoms with Crippen LogP contribution in [-0.4, -0.2) is 40.3 Å². The Morgan fingerprint density at radius 1 is 1.08 bits per heavy atom. The molecule has 2 aliphatic heterocycles. The minimum atomic E-state index is -0.787. The summed E-state index contributed by atoms with van der Waals surface area (Å²) in [6.07, 6.45) is 1.42. The number of aliphatic hydroxyl groups is 1. The number of rotatable bonds is 3. The topological polar surface area (TPSA) is 45.6 Å². The molecule has 1 aromatic carbocycles. The fourth-order valence-electron chi connectivity index (χ4n) is 4.44. The predicted octanol–water partition coefficient (Wildman–Crippen LogP) is 2.95. The van der Waals surface area contributed by atoms with E-state index < -0.39 is 5.60 Å². The first-order valence-electron chi connectivity index (χ1n) is 9.09. The molecule has 0 amide bonds. The van der Waals surface area contributed by atoms with Crippen molar-refractivity contribution in [3.63, 3.8) is 0 Å². The molecule has 2 bridgehead atoms. The Balaban J connectivity index is 1.60. The van der Waals surface area contributed by atoms with Gasteiger partial charge in [0.1, 0.15) is 0 Å². The number of hydrogen-bond donors (Lipinski definition) is 1. The zero-order chi connectivity index (χ0) is 17.4. The molecule has 1 aromatic heterocycles. The minimum absolute atomic E-state index is 0.242. The number of piperidine rings is 1. The quantitative estimate of drug-likeness (QED) is 0.935. The van der Waals surface area contributed by atoms with E-state index in [0.717, 1.165) is 23.5 Å². The molecule has 2 aromatic rings. The molecule has 1 N–H and O–H groups in total. The van der Waals surface area contributed by atoms with Gasteiger partial charge in [-0.3, -0.25) is 9.88 Å². The molecule has 3 heterocycles. The van der Waals surface area contributed by atoms with Gasteiger partial charge in [0, 0.05) is 30.0 Å². The highest BCUT2D eigenvalue weighted by molar-refractivity contribution is 5.28. The van der Waals surface area contributed by atoms with Crippen LogP contribution in [0.1, 0.15) is 35.4 Å². The number of fused-ring (bicyclic) bond motifs is 2. The number of aryl methyl sites for hydroxylation is 2. The molecule has 4 rings (SSSR count). The summed E-state index contributed by atoms with van der Waals surface area (Å²) in [5, 5.41) is 11.5. The second kappa shape index (κ2) is 6.52. The molecule has 0 spiro atoms. The third-order valence-electron chi connectivity index (χ3n) is 5.53. The van der Waals surface area contributed by atoms with Crippen LogP contribution >= 0.6 is 0 Å². The smallest absolute Gasteiger partial charge is 0.0929 e. The summed E-state index contributed by atoms with van der Waals surface area (Å²) in [6, 6.07) is 15.1. The summed E-state index contributed by atoms with van der Waals surface area (Å²) < 4.78 is 5.82. The van der Waals surface area contributed by atoms with E-state index in [1.54, 1.807) is 0 Å². The van der Waals surface area contributed by atoms with Gasteiger partial charge in [0.15, 0.2) is 0 Å². The molecule has 132 valence electrons. The second-order valence-electron chi connectivity index (χ2n) is 7.58. The standard InChI is InChI=1S/C21H26N2O2/c1-15-8-18(9-16(2)22-15)21(24)10-19-13-25-14-20(11-21)23(19)12-17-6-4-3-5-7-17/h3-9,19-20,24H,10-14H2,1-2H3. The second-order valence-corrected chi connectivity index (χ2v) is 7.58. The van der Waals surface area contributed by atoms with E-state index in [1.807, 2.05) is 26.0 Å². The minimum Gasteiger partial charge on any atom is -0.385 e. The summed E-state index contributed by atoms with van der Waals surface area (Å²) in [4.78, 5) is 6.98. The average Bonchev–Trinajstić information content (AvgIpc) is 2.56. The Morgan fingerprint density at radius 3 is 2.28 bits per heavy atom. The third kappa shape index (κ3) is 3.34. The van der Waals surface area contributed by atoms with Crippen molar-refractivity contribution in [2.24, 2.45) is 0 Å². The highest BCUT2D eigenvalue weighted by Gasteiger charge is 2.47. The number of nitrogens with zero attached hydrogens (tertiary/aromatic N) is 2. The largest absolute Gasteiger partial charge is 0.385 e. The van der Waals surface area contributed by atoms with Crippen molar-refractivity contribution in [2.45, 2.75) is 50.9 Å². The van der Waals surface area contributed by atoms with Crippen LogP contribution in [0.3, 0.4) is 0 Å². The predicted molar refractivity (Wildman–Crippen MR) is 97.2 cm³/mol. The summed E-state index contributed by atoms with van der Waals surface area (Å²) in [5.41, 5.74) is 3.48. The van der Waals surface area contributed by atoms with Crippen LogP contribution in [0.4, 0.5) is 0 Å². The Morgan fingerprint density at radius 2 is 1.68 bits per heavy atom. The van der Waals surface area contributed by atoms with Crippen LogP contribution in [0, 0.1) is 13.8 Å². The van der Waals surface area contributed by atoms with E-state index in [2.05, 4.69) is 40.2 Å².